The van der Waals surface area contributed by atoms with Gasteiger partial charge in [-0.3, -0.25) is 9.59 Å². The van der Waals surface area contributed by atoms with Crippen molar-refractivity contribution >= 4 is 45.1 Å². The van der Waals surface area contributed by atoms with Crippen LogP contribution in [0.1, 0.15) is 57.4 Å². The van der Waals surface area contributed by atoms with Crippen LogP contribution in [0.25, 0.3) is 0 Å². The first-order chi connectivity index (χ1) is 17.9. The molecule has 3 aliphatic rings. The molecule has 7 nitrogen and oxygen atoms in total. The van der Waals surface area contributed by atoms with E-state index in [2.05, 4.69) is 0 Å². The van der Waals surface area contributed by atoms with Crippen LogP contribution in [0.5, 0.6) is 0 Å². The van der Waals surface area contributed by atoms with Gasteiger partial charge >= 0.3 is 5.97 Å². The Bertz CT molecular complexity index is 1230. The van der Waals surface area contributed by atoms with Crippen molar-refractivity contribution in [2.45, 2.75) is 69.2 Å². The number of sulfonamides is 1. The fourth-order valence-corrected chi connectivity index (χ4v) is 7.91. The van der Waals surface area contributed by atoms with Crippen LogP contribution in [0.15, 0.2) is 47.5 Å². The second kappa shape index (κ2) is 11.7. The molecule has 1 aromatic carbocycles. The van der Waals surface area contributed by atoms with Gasteiger partial charge in [0.05, 0.1) is 17.1 Å². The van der Waals surface area contributed by atoms with Gasteiger partial charge in [-0.2, -0.15) is 0 Å². The molecule has 6 unspecified atom stereocenters. The summed E-state index contributed by atoms with van der Waals surface area (Å²) in [6, 6.07) is 6.77. The molecule has 4 rings (SSSR count). The van der Waals surface area contributed by atoms with E-state index in [1.54, 1.807) is 20.0 Å². The van der Waals surface area contributed by atoms with Gasteiger partial charge in [0.1, 0.15) is 0 Å². The number of likely N-dealkylation sites (tertiary alicyclic amines) is 1. The maximum atomic E-state index is 14.2. The first-order valence-electron chi connectivity index (χ1n) is 13.2. The Labute approximate surface area is 235 Å². The number of aliphatic carboxylic acids is 1. The fraction of sp³-hybridized carbons (Fsp3) is 0.571. The molecule has 1 aromatic rings. The number of carbonyl (C=O) groups is 2. The van der Waals surface area contributed by atoms with Crippen molar-refractivity contribution in [1.29, 1.82) is 0 Å². The Kier molecular flexibility index (Phi) is 8.97. The third kappa shape index (κ3) is 5.98. The first-order valence-corrected chi connectivity index (χ1v) is 15.5. The van der Waals surface area contributed by atoms with Gasteiger partial charge in [-0.25, -0.2) is 12.7 Å². The Balaban J connectivity index is 1.80. The number of carboxylic acid groups (broad SMARTS) is 1. The van der Waals surface area contributed by atoms with Crippen molar-refractivity contribution in [3.63, 3.8) is 0 Å². The Hall–Kier alpha value is -1.87. The molecule has 1 heterocycles. The van der Waals surface area contributed by atoms with Crippen LogP contribution in [0.2, 0.25) is 5.02 Å². The van der Waals surface area contributed by atoms with E-state index in [0.29, 0.717) is 42.2 Å². The molecule has 1 N–H and O–H groups in total. The molecule has 38 heavy (non-hydrogen) atoms. The standard InChI is InChI=1S/C28H36Cl2N2O5S/c1-4-22(16-31(3)38(36,37)23-12-13-23)32-26(18-8-10-20(29)11-9-18)25(19-6-5-7-21(30)14-19)15-24(27(32)33)17(2)28(34)35/h5-8,10-11,14,17-18,22-26H,4,9,12-13,15-16H2,1-3H3,(H,34,35). The van der Waals surface area contributed by atoms with Crippen LogP contribution in [-0.4, -0.2) is 65.5 Å². The van der Waals surface area contributed by atoms with Crippen molar-refractivity contribution in [1.82, 2.24) is 9.21 Å². The van der Waals surface area contributed by atoms with Gasteiger partial charge in [-0.05, 0) is 55.9 Å². The number of carbonyl (C=O) groups excluding carboxylic acids is 1. The SMILES string of the molecule is CCC(CN(C)S(=O)(=O)C1CC1)N1C(=O)C(C(C)C(=O)O)CC(c2cccc(Cl)c2)C1C1C=CC(Cl)=CC1. The summed E-state index contributed by atoms with van der Waals surface area (Å²) in [7, 11) is -1.87. The Morgan fingerprint density at radius 2 is 1.97 bits per heavy atom. The minimum Gasteiger partial charge on any atom is -0.481 e. The van der Waals surface area contributed by atoms with Crippen molar-refractivity contribution in [3.8, 4) is 0 Å². The molecule has 10 heteroatoms. The van der Waals surface area contributed by atoms with Crippen LogP contribution in [0.4, 0.5) is 0 Å². The molecule has 0 aromatic heterocycles. The number of allylic oxidation sites excluding steroid dienone is 3. The average Bonchev–Trinajstić information content (AvgIpc) is 3.73. The van der Waals surface area contributed by atoms with Crippen molar-refractivity contribution in [2.24, 2.45) is 17.8 Å². The summed E-state index contributed by atoms with van der Waals surface area (Å²) in [5, 5.41) is 10.7. The highest BCUT2D eigenvalue weighted by molar-refractivity contribution is 7.90. The van der Waals surface area contributed by atoms with E-state index in [0.717, 1.165) is 5.56 Å². The van der Waals surface area contributed by atoms with Crippen LogP contribution < -0.4 is 0 Å². The molecule has 0 bridgehead atoms. The molecule has 0 radical (unpaired) electrons. The lowest BCUT2D eigenvalue weighted by Gasteiger charge is -2.51. The molecule has 0 spiro atoms. The lowest BCUT2D eigenvalue weighted by molar-refractivity contribution is -0.158. The molecule has 2 aliphatic carbocycles. The third-order valence-electron chi connectivity index (χ3n) is 8.32. The van der Waals surface area contributed by atoms with E-state index in [-0.39, 0.29) is 35.6 Å². The predicted octanol–water partition coefficient (Wildman–Crippen LogP) is 5.26. The predicted molar refractivity (Wildman–Crippen MR) is 150 cm³/mol. The summed E-state index contributed by atoms with van der Waals surface area (Å²) in [4.78, 5) is 28.1. The Morgan fingerprint density at radius 3 is 2.53 bits per heavy atom. The van der Waals surface area contributed by atoms with E-state index in [9.17, 15) is 23.1 Å². The van der Waals surface area contributed by atoms with E-state index in [4.69, 9.17) is 23.2 Å². The summed E-state index contributed by atoms with van der Waals surface area (Å²) >= 11 is 12.6. The van der Waals surface area contributed by atoms with Crippen LogP contribution in [0, 0.1) is 17.8 Å². The molecule has 6 atom stereocenters. The van der Waals surface area contributed by atoms with E-state index in [1.165, 1.54) is 4.31 Å². The zero-order valence-electron chi connectivity index (χ0n) is 22.0. The first kappa shape index (κ1) is 29.1. The number of carboxylic acids is 1. The van der Waals surface area contributed by atoms with Crippen molar-refractivity contribution in [2.75, 3.05) is 13.6 Å². The average molecular weight is 584 g/mol. The van der Waals surface area contributed by atoms with Crippen LogP contribution >= 0.6 is 23.2 Å². The van der Waals surface area contributed by atoms with E-state index >= 15 is 0 Å². The number of likely N-dealkylation sites (N-methyl/N-ethyl adjacent to an activating group) is 1. The molecule has 2 fully saturated rings. The van der Waals surface area contributed by atoms with Crippen molar-refractivity contribution < 1.29 is 23.1 Å². The molecule has 1 aliphatic heterocycles. The highest BCUT2D eigenvalue weighted by Gasteiger charge is 2.50. The highest BCUT2D eigenvalue weighted by atomic mass is 35.5. The molecular weight excluding hydrogens is 547 g/mol. The van der Waals surface area contributed by atoms with Gasteiger partial charge < -0.3 is 10.0 Å². The smallest absolute Gasteiger partial charge is 0.307 e. The number of piperidine rings is 1. The lowest BCUT2D eigenvalue weighted by atomic mass is 9.69. The third-order valence-corrected chi connectivity index (χ3v) is 11.2. The molecular formula is C28H36Cl2N2O5S. The summed E-state index contributed by atoms with van der Waals surface area (Å²) in [6.07, 6.45) is 8.60. The highest BCUT2D eigenvalue weighted by Crippen LogP contribution is 2.46. The summed E-state index contributed by atoms with van der Waals surface area (Å²) < 4.78 is 27.4. The van der Waals surface area contributed by atoms with Crippen LogP contribution in [0.3, 0.4) is 0 Å². The molecule has 1 amide bonds. The topological polar surface area (TPSA) is 95.0 Å². The molecule has 1 saturated heterocycles. The minimum atomic E-state index is -3.45. The Morgan fingerprint density at radius 1 is 1.26 bits per heavy atom. The maximum absolute atomic E-state index is 14.2. The minimum absolute atomic E-state index is 0.0779. The second-order valence-electron chi connectivity index (χ2n) is 10.8. The number of halogens is 2. The molecule has 208 valence electrons. The number of rotatable bonds is 10. The number of amides is 1. The van der Waals surface area contributed by atoms with Gasteiger partial charge in [0.15, 0.2) is 0 Å². The number of hydrogen-bond acceptors (Lipinski definition) is 4. The number of nitrogens with zero attached hydrogens (tertiary/aromatic N) is 2. The monoisotopic (exact) mass is 582 g/mol. The second-order valence-corrected chi connectivity index (χ2v) is 14.0. The van der Waals surface area contributed by atoms with E-state index in [1.807, 2.05) is 48.3 Å². The number of hydrogen-bond donors (Lipinski definition) is 1. The van der Waals surface area contributed by atoms with Crippen LogP contribution in [-0.2, 0) is 19.6 Å². The van der Waals surface area contributed by atoms with Gasteiger partial charge in [0, 0.05) is 47.6 Å². The summed E-state index contributed by atoms with van der Waals surface area (Å²) in [5.74, 6) is -3.18. The normalized spacial score (nSPS) is 27.8. The van der Waals surface area contributed by atoms with Gasteiger partial charge in [0.2, 0.25) is 15.9 Å². The van der Waals surface area contributed by atoms with Crippen molar-refractivity contribution in [3.05, 3.63) is 58.1 Å². The maximum Gasteiger partial charge on any atom is 0.307 e. The lowest BCUT2D eigenvalue weighted by Crippen LogP contribution is -2.61. The zero-order valence-corrected chi connectivity index (χ0v) is 24.3. The molecule has 1 saturated carbocycles. The zero-order chi connectivity index (χ0) is 27.8. The summed E-state index contributed by atoms with van der Waals surface area (Å²) in [6.45, 7) is 3.67. The fourth-order valence-electron chi connectivity index (χ4n) is 5.93. The van der Waals surface area contributed by atoms with Gasteiger partial charge in [-0.1, -0.05) is 61.3 Å². The van der Waals surface area contributed by atoms with E-state index < -0.39 is 33.9 Å². The summed E-state index contributed by atoms with van der Waals surface area (Å²) in [5.41, 5.74) is 0.936. The van der Waals surface area contributed by atoms with Gasteiger partial charge in [-0.15, -0.1) is 0 Å². The largest absolute Gasteiger partial charge is 0.481 e. The van der Waals surface area contributed by atoms with Gasteiger partial charge in [0.25, 0.3) is 0 Å². The number of benzene rings is 1. The quantitative estimate of drug-likeness (QED) is 0.406.